The van der Waals surface area contributed by atoms with Crippen LogP contribution < -0.4 is 11.1 Å². The first-order chi connectivity index (χ1) is 21.4. The first kappa shape index (κ1) is 42.1. The average Bonchev–Trinajstić information content (AvgIpc) is 3.00. The Balaban J connectivity index is 4.14. The highest BCUT2D eigenvalue weighted by molar-refractivity contribution is 5.83. The highest BCUT2D eigenvalue weighted by atomic mass is 16.5. The molecule has 0 aliphatic heterocycles. The number of aliphatic carboxylic acids is 1. The first-order valence-electron chi connectivity index (χ1n) is 18.5. The summed E-state index contributed by atoms with van der Waals surface area (Å²) in [5, 5.41) is 11.9. The van der Waals surface area contributed by atoms with Crippen LogP contribution in [0.25, 0.3) is 0 Å². The standard InChI is InChI=1S/C37H70N2O5/c1-3-5-7-9-10-11-12-13-14-15-16-17-19-25-31-36(41)44-33(27-22-18-8-6-4-2)28-23-20-21-24-30-35(40)39-34(37(42)43)29-26-32-38/h12-13,33-34H,3-11,14-32,38H2,1-2H3,(H,39,40)(H,42,43)/b13-12-. The van der Waals surface area contributed by atoms with Crippen molar-refractivity contribution in [3.8, 4) is 0 Å². The Morgan fingerprint density at radius 1 is 0.636 bits per heavy atom. The second kappa shape index (κ2) is 32.5. The van der Waals surface area contributed by atoms with Crippen LogP contribution in [0.15, 0.2) is 12.2 Å². The molecule has 0 aliphatic carbocycles. The number of ether oxygens (including phenoxy) is 1. The van der Waals surface area contributed by atoms with Gasteiger partial charge in [0.25, 0.3) is 0 Å². The van der Waals surface area contributed by atoms with Crippen molar-refractivity contribution in [2.75, 3.05) is 6.54 Å². The summed E-state index contributed by atoms with van der Waals surface area (Å²) in [6.45, 7) is 4.88. The molecule has 44 heavy (non-hydrogen) atoms. The maximum absolute atomic E-state index is 12.6. The van der Waals surface area contributed by atoms with Crippen molar-refractivity contribution in [3.63, 3.8) is 0 Å². The largest absolute Gasteiger partial charge is 0.480 e. The van der Waals surface area contributed by atoms with Gasteiger partial charge in [-0.2, -0.15) is 0 Å². The SMILES string of the molecule is CCCCCCC/C=C\CCCCCCCC(=O)OC(CCCCCCC)CCCCCCC(=O)NC(CCCN)C(=O)O. The number of carboxylic acids is 1. The number of carboxylic acid groups (broad SMARTS) is 1. The molecule has 7 nitrogen and oxygen atoms in total. The molecule has 0 aliphatic rings. The topological polar surface area (TPSA) is 119 Å². The van der Waals surface area contributed by atoms with Crippen molar-refractivity contribution >= 4 is 17.8 Å². The van der Waals surface area contributed by atoms with Crippen molar-refractivity contribution in [2.45, 2.75) is 199 Å². The second-order valence-corrected chi connectivity index (χ2v) is 12.6. The third-order valence-corrected chi connectivity index (χ3v) is 8.33. The molecule has 2 unspecified atom stereocenters. The molecule has 7 heteroatoms. The zero-order valence-electron chi connectivity index (χ0n) is 28.8. The van der Waals surface area contributed by atoms with Gasteiger partial charge < -0.3 is 20.9 Å². The van der Waals surface area contributed by atoms with Gasteiger partial charge in [-0.1, -0.05) is 109 Å². The summed E-state index contributed by atoms with van der Waals surface area (Å²) in [5.74, 6) is -1.28. The fourth-order valence-corrected chi connectivity index (χ4v) is 5.50. The van der Waals surface area contributed by atoms with E-state index in [-0.39, 0.29) is 18.0 Å². The lowest BCUT2D eigenvalue weighted by Gasteiger charge is -2.18. The van der Waals surface area contributed by atoms with E-state index in [0.717, 1.165) is 57.8 Å². The fraction of sp³-hybridized carbons (Fsp3) is 0.865. The van der Waals surface area contributed by atoms with Crippen LogP contribution in [0.4, 0.5) is 0 Å². The quantitative estimate of drug-likeness (QED) is 0.0381. The van der Waals surface area contributed by atoms with E-state index in [2.05, 4.69) is 31.3 Å². The molecule has 0 aromatic rings. The Morgan fingerprint density at radius 2 is 1.11 bits per heavy atom. The number of allylic oxidation sites excluding steroid dienone is 2. The van der Waals surface area contributed by atoms with Crippen LogP contribution in [0.2, 0.25) is 0 Å². The van der Waals surface area contributed by atoms with Gasteiger partial charge in [0.2, 0.25) is 5.91 Å². The number of unbranched alkanes of at least 4 members (excludes halogenated alkanes) is 17. The Morgan fingerprint density at radius 3 is 1.64 bits per heavy atom. The molecule has 0 spiro atoms. The number of hydrogen-bond acceptors (Lipinski definition) is 5. The van der Waals surface area contributed by atoms with Gasteiger partial charge in [0.05, 0.1) is 0 Å². The predicted octanol–water partition coefficient (Wildman–Crippen LogP) is 9.56. The van der Waals surface area contributed by atoms with E-state index in [4.69, 9.17) is 10.5 Å². The molecule has 1 amide bonds. The lowest BCUT2D eigenvalue weighted by Crippen LogP contribution is -2.40. The van der Waals surface area contributed by atoms with Crippen LogP contribution in [0, 0.1) is 0 Å². The molecule has 0 saturated heterocycles. The summed E-state index contributed by atoms with van der Waals surface area (Å²) in [6.07, 6.45) is 32.6. The predicted molar refractivity (Wildman–Crippen MR) is 184 cm³/mol. The molecule has 0 bridgehead atoms. The van der Waals surface area contributed by atoms with E-state index < -0.39 is 12.0 Å². The Kier molecular flexibility index (Phi) is 31.1. The second-order valence-electron chi connectivity index (χ2n) is 12.6. The van der Waals surface area contributed by atoms with Crippen LogP contribution in [0.3, 0.4) is 0 Å². The smallest absolute Gasteiger partial charge is 0.326 e. The van der Waals surface area contributed by atoms with Gasteiger partial charge in [-0.15, -0.1) is 0 Å². The van der Waals surface area contributed by atoms with Crippen molar-refractivity contribution in [3.05, 3.63) is 12.2 Å². The van der Waals surface area contributed by atoms with Gasteiger partial charge in [0.15, 0.2) is 0 Å². The number of carbonyl (C=O) groups excluding carboxylic acids is 2. The van der Waals surface area contributed by atoms with Crippen LogP contribution in [0.5, 0.6) is 0 Å². The van der Waals surface area contributed by atoms with E-state index in [9.17, 15) is 19.5 Å². The third kappa shape index (κ3) is 28.9. The summed E-state index contributed by atoms with van der Waals surface area (Å²) in [6, 6.07) is -0.860. The Hall–Kier alpha value is -1.89. The fourth-order valence-electron chi connectivity index (χ4n) is 5.50. The molecule has 0 heterocycles. The van der Waals surface area contributed by atoms with Gasteiger partial charge in [0, 0.05) is 12.8 Å². The zero-order chi connectivity index (χ0) is 32.5. The molecule has 4 N–H and O–H groups in total. The number of amides is 1. The maximum Gasteiger partial charge on any atom is 0.326 e. The van der Waals surface area contributed by atoms with Gasteiger partial charge in [-0.05, 0) is 83.6 Å². The minimum absolute atomic E-state index is 0.00951. The average molecular weight is 623 g/mol. The van der Waals surface area contributed by atoms with Gasteiger partial charge >= 0.3 is 11.9 Å². The number of nitrogens with one attached hydrogen (secondary N) is 1. The normalized spacial score (nSPS) is 12.8. The monoisotopic (exact) mass is 623 g/mol. The maximum atomic E-state index is 12.6. The highest BCUT2D eigenvalue weighted by Crippen LogP contribution is 2.18. The zero-order valence-corrected chi connectivity index (χ0v) is 28.8. The third-order valence-electron chi connectivity index (χ3n) is 8.33. The van der Waals surface area contributed by atoms with Gasteiger partial charge in [-0.25, -0.2) is 4.79 Å². The molecule has 258 valence electrons. The van der Waals surface area contributed by atoms with Crippen molar-refractivity contribution in [1.82, 2.24) is 5.32 Å². The lowest BCUT2D eigenvalue weighted by atomic mass is 10.0. The van der Waals surface area contributed by atoms with E-state index in [1.807, 2.05) is 0 Å². The number of rotatable bonds is 33. The summed E-state index contributed by atoms with van der Waals surface area (Å²) in [7, 11) is 0. The number of hydrogen-bond donors (Lipinski definition) is 3. The molecule has 0 saturated carbocycles. The first-order valence-corrected chi connectivity index (χ1v) is 18.5. The Bertz CT molecular complexity index is 712. The minimum atomic E-state index is -1.01. The molecule has 0 radical (unpaired) electrons. The summed E-state index contributed by atoms with van der Waals surface area (Å²) >= 11 is 0. The van der Waals surface area contributed by atoms with E-state index in [1.54, 1.807) is 0 Å². The summed E-state index contributed by atoms with van der Waals surface area (Å²) in [5.41, 5.74) is 5.46. The molecule has 0 fully saturated rings. The van der Waals surface area contributed by atoms with Crippen molar-refractivity contribution < 1.29 is 24.2 Å². The van der Waals surface area contributed by atoms with Crippen molar-refractivity contribution in [1.29, 1.82) is 0 Å². The van der Waals surface area contributed by atoms with Crippen LogP contribution in [-0.4, -0.2) is 41.6 Å². The minimum Gasteiger partial charge on any atom is -0.480 e. The molecular weight excluding hydrogens is 552 g/mol. The number of esters is 1. The van der Waals surface area contributed by atoms with Crippen LogP contribution >= 0.6 is 0 Å². The molecule has 0 rings (SSSR count). The number of carbonyl (C=O) groups is 3. The number of nitrogens with two attached hydrogens (primary N) is 1. The van der Waals surface area contributed by atoms with Crippen LogP contribution in [0.1, 0.15) is 187 Å². The van der Waals surface area contributed by atoms with E-state index in [1.165, 1.54) is 89.9 Å². The van der Waals surface area contributed by atoms with Crippen molar-refractivity contribution in [2.24, 2.45) is 5.73 Å². The highest BCUT2D eigenvalue weighted by Gasteiger charge is 2.19. The lowest BCUT2D eigenvalue weighted by molar-refractivity contribution is -0.150. The van der Waals surface area contributed by atoms with Gasteiger partial charge in [0.1, 0.15) is 12.1 Å². The molecule has 2 atom stereocenters. The van der Waals surface area contributed by atoms with Gasteiger partial charge in [-0.3, -0.25) is 9.59 Å². The molecule has 0 aromatic carbocycles. The Labute approximate surface area is 270 Å². The molecular formula is C37H70N2O5. The van der Waals surface area contributed by atoms with Crippen LogP contribution in [-0.2, 0) is 19.1 Å². The van der Waals surface area contributed by atoms with E-state index in [0.29, 0.717) is 32.2 Å². The van der Waals surface area contributed by atoms with E-state index >= 15 is 0 Å². The molecule has 0 aromatic heterocycles. The summed E-state index contributed by atoms with van der Waals surface area (Å²) < 4.78 is 5.94. The summed E-state index contributed by atoms with van der Waals surface area (Å²) in [4.78, 5) is 36.1.